The van der Waals surface area contributed by atoms with Crippen molar-refractivity contribution in [3.05, 3.63) is 16.1 Å². The third-order valence-electron chi connectivity index (χ3n) is 4.57. The summed E-state index contributed by atoms with van der Waals surface area (Å²) in [5, 5.41) is 7.05. The molecule has 1 aromatic heterocycles. The van der Waals surface area contributed by atoms with Crippen LogP contribution in [0.1, 0.15) is 50.9 Å². The molecule has 0 radical (unpaired) electrons. The fourth-order valence-corrected chi connectivity index (χ4v) is 4.07. The van der Waals surface area contributed by atoms with Crippen LogP contribution in [0.4, 0.5) is 0 Å². The van der Waals surface area contributed by atoms with Gasteiger partial charge in [0, 0.05) is 29.7 Å². The standard InChI is InChI=1S/C15H27N3S/c1-6-16-14-7-8-18(12(4)11(14)3)13(5)15-17-10(2)9-19-15/h9,11-14,16H,6-8H2,1-5H3. The molecule has 4 heteroatoms. The summed E-state index contributed by atoms with van der Waals surface area (Å²) >= 11 is 1.80. The van der Waals surface area contributed by atoms with Crippen LogP contribution in [-0.4, -0.2) is 35.1 Å². The lowest BCUT2D eigenvalue weighted by molar-refractivity contribution is 0.0528. The molecular weight excluding hydrogens is 254 g/mol. The summed E-state index contributed by atoms with van der Waals surface area (Å²) < 4.78 is 0. The Morgan fingerprint density at radius 1 is 1.53 bits per heavy atom. The first-order valence-electron chi connectivity index (χ1n) is 7.45. The zero-order valence-electron chi connectivity index (χ0n) is 12.8. The zero-order chi connectivity index (χ0) is 14.0. The summed E-state index contributed by atoms with van der Waals surface area (Å²) in [5.74, 6) is 0.692. The third-order valence-corrected chi connectivity index (χ3v) is 5.71. The van der Waals surface area contributed by atoms with Crippen LogP contribution in [0.25, 0.3) is 0 Å². The number of likely N-dealkylation sites (tertiary alicyclic amines) is 1. The molecule has 1 N–H and O–H groups in total. The van der Waals surface area contributed by atoms with E-state index in [9.17, 15) is 0 Å². The molecule has 1 aliphatic heterocycles. The van der Waals surface area contributed by atoms with E-state index in [2.05, 4.69) is 55.2 Å². The molecule has 0 aliphatic carbocycles. The highest BCUT2D eigenvalue weighted by atomic mass is 32.1. The molecule has 0 saturated carbocycles. The average Bonchev–Trinajstić information content (AvgIpc) is 2.81. The highest BCUT2D eigenvalue weighted by Gasteiger charge is 2.35. The number of aromatic nitrogens is 1. The molecule has 4 atom stereocenters. The van der Waals surface area contributed by atoms with Crippen molar-refractivity contribution in [1.82, 2.24) is 15.2 Å². The van der Waals surface area contributed by atoms with Crippen LogP contribution in [0.5, 0.6) is 0 Å². The number of piperidine rings is 1. The van der Waals surface area contributed by atoms with Gasteiger partial charge in [-0.05, 0) is 39.7 Å². The summed E-state index contributed by atoms with van der Waals surface area (Å²) in [6, 6.07) is 1.72. The van der Waals surface area contributed by atoms with Gasteiger partial charge >= 0.3 is 0 Å². The van der Waals surface area contributed by atoms with E-state index in [1.54, 1.807) is 11.3 Å². The average molecular weight is 281 g/mol. The lowest BCUT2D eigenvalue weighted by Gasteiger charge is -2.45. The van der Waals surface area contributed by atoms with E-state index in [1.165, 1.54) is 18.0 Å². The van der Waals surface area contributed by atoms with E-state index < -0.39 is 0 Å². The van der Waals surface area contributed by atoms with Crippen molar-refractivity contribution in [1.29, 1.82) is 0 Å². The van der Waals surface area contributed by atoms with Gasteiger partial charge in [0.05, 0.1) is 6.04 Å². The monoisotopic (exact) mass is 281 g/mol. The van der Waals surface area contributed by atoms with Crippen molar-refractivity contribution >= 4 is 11.3 Å². The summed E-state index contributed by atoms with van der Waals surface area (Å²) in [4.78, 5) is 7.28. The van der Waals surface area contributed by atoms with Gasteiger partial charge < -0.3 is 5.32 Å². The van der Waals surface area contributed by atoms with Crippen LogP contribution in [0.2, 0.25) is 0 Å². The zero-order valence-corrected chi connectivity index (χ0v) is 13.6. The second kappa shape index (κ2) is 6.33. The van der Waals surface area contributed by atoms with Gasteiger partial charge in [-0.15, -0.1) is 11.3 Å². The first-order chi connectivity index (χ1) is 9.04. The Labute approximate surface area is 121 Å². The molecule has 1 saturated heterocycles. The Morgan fingerprint density at radius 2 is 2.26 bits per heavy atom. The number of aryl methyl sites for hydroxylation is 1. The number of hydrogen-bond donors (Lipinski definition) is 1. The number of nitrogens with one attached hydrogen (secondary N) is 1. The first kappa shape index (κ1) is 14.9. The minimum Gasteiger partial charge on any atom is -0.314 e. The molecule has 2 rings (SSSR count). The Hall–Kier alpha value is -0.450. The second-order valence-electron chi connectivity index (χ2n) is 5.79. The van der Waals surface area contributed by atoms with Gasteiger partial charge in [-0.3, -0.25) is 4.90 Å². The molecule has 19 heavy (non-hydrogen) atoms. The quantitative estimate of drug-likeness (QED) is 0.918. The highest BCUT2D eigenvalue weighted by Crippen LogP contribution is 2.32. The normalized spacial score (nSPS) is 30.5. The molecule has 4 unspecified atom stereocenters. The van der Waals surface area contributed by atoms with E-state index in [0.717, 1.165) is 12.2 Å². The smallest absolute Gasteiger partial charge is 0.110 e. The summed E-state index contributed by atoms with van der Waals surface area (Å²) in [7, 11) is 0. The van der Waals surface area contributed by atoms with E-state index in [0.29, 0.717) is 24.0 Å². The van der Waals surface area contributed by atoms with Crippen molar-refractivity contribution in [2.45, 2.75) is 59.2 Å². The predicted molar refractivity (Wildman–Crippen MR) is 82.7 cm³/mol. The van der Waals surface area contributed by atoms with Crippen LogP contribution in [0, 0.1) is 12.8 Å². The number of hydrogen-bond acceptors (Lipinski definition) is 4. The first-order valence-corrected chi connectivity index (χ1v) is 8.33. The number of thiazole rings is 1. The summed E-state index contributed by atoms with van der Waals surface area (Å²) in [6.07, 6.45) is 1.24. The van der Waals surface area contributed by atoms with Gasteiger partial charge in [0.1, 0.15) is 5.01 Å². The van der Waals surface area contributed by atoms with Crippen molar-refractivity contribution in [3.8, 4) is 0 Å². The third kappa shape index (κ3) is 3.18. The van der Waals surface area contributed by atoms with Crippen molar-refractivity contribution in [2.24, 2.45) is 5.92 Å². The Bertz CT molecular complexity index is 404. The largest absolute Gasteiger partial charge is 0.314 e. The number of rotatable bonds is 4. The molecule has 0 aromatic carbocycles. The van der Waals surface area contributed by atoms with Gasteiger partial charge in [0.25, 0.3) is 0 Å². The molecule has 1 aromatic rings. The fourth-order valence-electron chi connectivity index (χ4n) is 3.20. The van der Waals surface area contributed by atoms with Gasteiger partial charge in [0.2, 0.25) is 0 Å². The minimum atomic E-state index is 0.443. The van der Waals surface area contributed by atoms with Gasteiger partial charge in [-0.1, -0.05) is 13.8 Å². The van der Waals surface area contributed by atoms with Crippen LogP contribution in [-0.2, 0) is 0 Å². The van der Waals surface area contributed by atoms with Crippen molar-refractivity contribution in [2.75, 3.05) is 13.1 Å². The SMILES string of the molecule is CCNC1CCN(C(C)c2nc(C)cs2)C(C)C1C. The lowest BCUT2D eigenvalue weighted by atomic mass is 9.86. The molecule has 0 spiro atoms. The fraction of sp³-hybridized carbons (Fsp3) is 0.800. The maximum Gasteiger partial charge on any atom is 0.110 e. The highest BCUT2D eigenvalue weighted by molar-refractivity contribution is 7.09. The molecule has 2 heterocycles. The minimum absolute atomic E-state index is 0.443. The lowest BCUT2D eigenvalue weighted by Crippen LogP contribution is -2.53. The Balaban J connectivity index is 2.05. The molecule has 108 valence electrons. The molecular formula is C15H27N3S. The Morgan fingerprint density at radius 3 is 2.84 bits per heavy atom. The van der Waals surface area contributed by atoms with E-state index in [-0.39, 0.29) is 0 Å². The number of nitrogens with zero attached hydrogens (tertiary/aromatic N) is 2. The Kier molecular flexibility index (Phi) is 4.98. The molecule has 1 fully saturated rings. The van der Waals surface area contributed by atoms with Gasteiger partial charge in [-0.25, -0.2) is 4.98 Å². The molecule has 3 nitrogen and oxygen atoms in total. The van der Waals surface area contributed by atoms with E-state index in [1.807, 2.05) is 0 Å². The van der Waals surface area contributed by atoms with Crippen LogP contribution >= 0.6 is 11.3 Å². The summed E-state index contributed by atoms with van der Waals surface area (Å²) in [6.45, 7) is 13.6. The van der Waals surface area contributed by atoms with Crippen molar-refractivity contribution < 1.29 is 0 Å². The van der Waals surface area contributed by atoms with E-state index >= 15 is 0 Å². The predicted octanol–water partition coefficient (Wildman–Crippen LogP) is 3.22. The molecule has 0 bridgehead atoms. The van der Waals surface area contributed by atoms with E-state index in [4.69, 9.17) is 0 Å². The van der Waals surface area contributed by atoms with Gasteiger partial charge in [-0.2, -0.15) is 0 Å². The van der Waals surface area contributed by atoms with Gasteiger partial charge in [0.15, 0.2) is 0 Å². The maximum atomic E-state index is 4.66. The molecule has 1 aliphatic rings. The van der Waals surface area contributed by atoms with Crippen LogP contribution in [0.3, 0.4) is 0 Å². The maximum absolute atomic E-state index is 4.66. The van der Waals surface area contributed by atoms with Crippen LogP contribution < -0.4 is 5.32 Å². The molecule has 0 amide bonds. The summed E-state index contributed by atoms with van der Waals surface area (Å²) in [5.41, 5.74) is 1.15. The second-order valence-corrected chi connectivity index (χ2v) is 6.68. The van der Waals surface area contributed by atoms with Crippen LogP contribution in [0.15, 0.2) is 5.38 Å². The topological polar surface area (TPSA) is 28.2 Å². The van der Waals surface area contributed by atoms with Crippen molar-refractivity contribution in [3.63, 3.8) is 0 Å².